The fourth-order valence-electron chi connectivity index (χ4n) is 4.13. The number of benzene rings is 3. The lowest BCUT2D eigenvalue weighted by atomic mass is 9.93. The molecule has 0 spiro atoms. The highest BCUT2D eigenvalue weighted by molar-refractivity contribution is 6.11. The number of fused-ring (bicyclic) bond motifs is 4. The van der Waals surface area contributed by atoms with Crippen molar-refractivity contribution in [3.63, 3.8) is 0 Å². The minimum atomic E-state index is 0.425. The van der Waals surface area contributed by atoms with E-state index in [1.54, 1.807) is 0 Å². The van der Waals surface area contributed by atoms with Crippen LogP contribution >= 0.6 is 0 Å². The van der Waals surface area contributed by atoms with Crippen LogP contribution in [0.3, 0.4) is 0 Å². The predicted octanol–water partition coefficient (Wildman–Crippen LogP) is 8.05. The van der Waals surface area contributed by atoms with Gasteiger partial charge < -0.3 is 4.42 Å². The topological polar surface area (TPSA) is 26.0 Å². The second kappa shape index (κ2) is 6.73. The Balaban J connectivity index is 1.87. The molecule has 0 amide bonds. The molecule has 3 aromatic carbocycles. The van der Waals surface area contributed by atoms with Crippen LogP contribution in [-0.4, -0.2) is 4.98 Å². The molecule has 0 saturated carbocycles. The Labute approximate surface area is 171 Å². The Morgan fingerprint density at radius 1 is 0.724 bits per heavy atom. The van der Waals surface area contributed by atoms with Crippen molar-refractivity contribution >= 4 is 32.7 Å². The summed E-state index contributed by atoms with van der Waals surface area (Å²) in [5.41, 5.74) is 6.56. The van der Waals surface area contributed by atoms with Crippen LogP contribution in [-0.2, 0) is 0 Å². The summed E-state index contributed by atoms with van der Waals surface area (Å²) in [4.78, 5) is 4.81. The largest absolute Gasteiger partial charge is 0.455 e. The summed E-state index contributed by atoms with van der Waals surface area (Å²) in [5, 5.41) is 4.72. The van der Waals surface area contributed by atoms with Crippen molar-refractivity contribution in [3.05, 3.63) is 78.0 Å². The van der Waals surface area contributed by atoms with E-state index in [4.69, 9.17) is 9.40 Å². The molecule has 0 aliphatic carbocycles. The second-order valence-electron chi connectivity index (χ2n) is 8.49. The first-order valence-electron chi connectivity index (χ1n) is 10.4. The summed E-state index contributed by atoms with van der Waals surface area (Å²) in [6.07, 6.45) is 1.91. The highest BCUT2D eigenvalue weighted by atomic mass is 16.3. The van der Waals surface area contributed by atoms with Crippen LogP contribution in [0, 0.1) is 0 Å². The Kier molecular flexibility index (Phi) is 4.16. The van der Waals surface area contributed by atoms with Crippen molar-refractivity contribution < 1.29 is 4.42 Å². The van der Waals surface area contributed by atoms with Crippen LogP contribution in [0.25, 0.3) is 44.0 Å². The monoisotopic (exact) mass is 379 g/mol. The number of hydrogen-bond donors (Lipinski definition) is 0. The fourth-order valence-corrected chi connectivity index (χ4v) is 4.13. The van der Waals surface area contributed by atoms with Crippen molar-refractivity contribution in [2.45, 2.75) is 39.5 Å². The maximum Gasteiger partial charge on any atom is 0.144 e. The molecule has 0 atom stereocenters. The van der Waals surface area contributed by atoms with Gasteiger partial charge in [0.25, 0.3) is 0 Å². The van der Waals surface area contributed by atoms with E-state index >= 15 is 0 Å². The average Bonchev–Trinajstić information content (AvgIpc) is 3.11. The Hall–Kier alpha value is -3.13. The molecule has 0 saturated heterocycles. The molecule has 144 valence electrons. The van der Waals surface area contributed by atoms with Gasteiger partial charge in [-0.25, -0.2) is 0 Å². The number of rotatable bonds is 3. The molecule has 0 radical (unpaired) electrons. The Morgan fingerprint density at radius 3 is 2.31 bits per heavy atom. The molecule has 5 rings (SSSR count). The first-order valence-corrected chi connectivity index (χ1v) is 10.4. The number of furan rings is 1. The van der Waals surface area contributed by atoms with Crippen molar-refractivity contribution in [1.29, 1.82) is 0 Å². The minimum absolute atomic E-state index is 0.425. The van der Waals surface area contributed by atoms with Gasteiger partial charge in [-0.2, -0.15) is 0 Å². The van der Waals surface area contributed by atoms with E-state index in [0.717, 1.165) is 27.8 Å². The second-order valence-corrected chi connectivity index (χ2v) is 8.49. The SMILES string of the molecule is CC(C)c1ccc2c(-c3cc(C(C)C)cc4c3oc3ccccc34)nccc2c1. The molecular weight excluding hydrogens is 354 g/mol. The van der Waals surface area contributed by atoms with Crippen molar-refractivity contribution in [3.8, 4) is 11.3 Å². The van der Waals surface area contributed by atoms with Gasteiger partial charge >= 0.3 is 0 Å². The van der Waals surface area contributed by atoms with E-state index in [-0.39, 0.29) is 0 Å². The predicted molar refractivity (Wildman–Crippen MR) is 123 cm³/mol. The van der Waals surface area contributed by atoms with E-state index in [9.17, 15) is 0 Å². The third-order valence-corrected chi connectivity index (χ3v) is 5.88. The van der Waals surface area contributed by atoms with Gasteiger partial charge in [-0.3, -0.25) is 4.98 Å². The third-order valence-electron chi connectivity index (χ3n) is 5.88. The maximum atomic E-state index is 6.34. The summed E-state index contributed by atoms with van der Waals surface area (Å²) in [6.45, 7) is 8.93. The minimum Gasteiger partial charge on any atom is -0.455 e. The maximum absolute atomic E-state index is 6.34. The Bertz CT molecular complexity index is 1360. The molecule has 0 N–H and O–H groups in total. The van der Waals surface area contributed by atoms with Crippen molar-refractivity contribution in [2.24, 2.45) is 0 Å². The van der Waals surface area contributed by atoms with Crippen molar-refractivity contribution in [1.82, 2.24) is 4.98 Å². The quantitative estimate of drug-likeness (QED) is 0.317. The number of pyridine rings is 1. The smallest absolute Gasteiger partial charge is 0.144 e. The molecule has 29 heavy (non-hydrogen) atoms. The molecule has 0 aliphatic rings. The van der Waals surface area contributed by atoms with Crippen LogP contribution in [0.4, 0.5) is 0 Å². The van der Waals surface area contributed by atoms with E-state index in [1.165, 1.54) is 27.3 Å². The summed E-state index contributed by atoms with van der Waals surface area (Å²) >= 11 is 0. The molecule has 2 nitrogen and oxygen atoms in total. The summed E-state index contributed by atoms with van der Waals surface area (Å²) < 4.78 is 6.34. The lowest BCUT2D eigenvalue weighted by Crippen LogP contribution is -1.93. The standard InChI is InChI=1S/C27H25NO/c1-16(2)18-9-10-21-19(13-18)11-12-28-26(21)24-15-20(17(3)4)14-23-22-7-5-6-8-25(22)29-27(23)24/h5-17H,1-4H3. The zero-order chi connectivity index (χ0) is 20.1. The lowest BCUT2D eigenvalue weighted by Gasteiger charge is -2.13. The number of hydrogen-bond acceptors (Lipinski definition) is 2. The van der Waals surface area contributed by atoms with Crippen LogP contribution in [0.2, 0.25) is 0 Å². The zero-order valence-electron chi connectivity index (χ0n) is 17.4. The van der Waals surface area contributed by atoms with Gasteiger partial charge in [0.15, 0.2) is 0 Å². The average molecular weight is 380 g/mol. The van der Waals surface area contributed by atoms with E-state index in [1.807, 2.05) is 18.3 Å². The van der Waals surface area contributed by atoms with Crippen molar-refractivity contribution in [2.75, 3.05) is 0 Å². The fraction of sp³-hybridized carbons (Fsp3) is 0.222. The van der Waals surface area contributed by atoms with Crippen LogP contribution in [0.1, 0.15) is 50.7 Å². The molecule has 5 aromatic rings. The summed E-state index contributed by atoms with van der Waals surface area (Å²) in [6, 6.07) is 21.6. The van der Waals surface area contributed by atoms with Gasteiger partial charge in [0.1, 0.15) is 11.2 Å². The van der Waals surface area contributed by atoms with Gasteiger partial charge in [0.2, 0.25) is 0 Å². The molecule has 0 bridgehead atoms. The van der Waals surface area contributed by atoms with Gasteiger partial charge in [-0.05, 0) is 52.6 Å². The highest BCUT2D eigenvalue weighted by Crippen LogP contribution is 2.40. The highest BCUT2D eigenvalue weighted by Gasteiger charge is 2.18. The first-order chi connectivity index (χ1) is 14.0. The third kappa shape index (κ3) is 2.91. The number of para-hydroxylation sites is 1. The first kappa shape index (κ1) is 17.9. The molecule has 0 aliphatic heterocycles. The molecule has 0 fully saturated rings. The van der Waals surface area contributed by atoms with E-state index in [0.29, 0.717) is 11.8 Å². The van der Waals surface area contributed by atoms with Gasteiger partial charge in [-0.1, -0.05) is 64.1 Å². The van der Waals surface area contributed by atoms with Crippen LogP contribution < -0.4 is 0 Å². The summed E-state index contributed by atoms with van der Waals surface area (Å²) in [5.74, 6) is 0.927. The molecule has 2 heterocycles. The molecule has 2 aromatic heterocycles. The normalized spacial score (nSPS) is 12.1. The van der Waals surface area contributed by atoms with E-state index < -0.39 is 0 Å². The van der Waals surface area contributed by atoms with Crippen LogP contribution in [0.15, 0.2) is 71.3 Å². The van der Waals surface area contributed by atoms with Gasteiger partial charge in [-0.15, -0.1) is 0 Å². The van der Waals surface area contributed by atoms with Crippen LogP contribution in [0.5, 0.6) is 0 Å². The van der Waals surface area contributed by atoms with Gasteiger partial charge in [0.05, 0.1) is 5.69 Å². The zero-order valence-corrected chi connectivity index (χ0v) is 17.4. The molecule has 2 heteroatoms. The van der Waals surface area contributed by atoms with E-state index in [2.05, 4.69) is 76.2 Å². The summed E-state index contributed by atoms with van der Waals surface area (Å²) in [7, 11) is 0. The number of nitrogens with zero attached hydrogens (tertiary/aromatic N) is 1. The number of aromatic nitrogens is 1. The van der Waals surface area contributed by atoms with Gasteiger partial charge in [0, 0.05) is 27.9 Å². The molecular formula is C27H25NO. The Morgan fingerprint density at radius 2 is 1.52 bits per heavy atom. The molecule has 0 unspecified atom stereocenters. The lowest BCUT2D eigenvalue weighted by molar-refractivity contribution is 0.669.